The van der Waals surface area contributed by atoms with Gasteiger partial charge >= 0.3 is 0 Å². The number of hydrogen-bond donors (Lipinski definition) is 2. The van der Waals surface area contributed by atoms with Crippen LogP contribution in [0.25, 0.3) is 0 Å². The predicted molar refractivity (Wildman–Crippen MR) is 94.0 cm³/mol. The number of nitrogens with zero attached hydrogens (tertiary/aromatic N) is 1. The highest BCUT2D eigenvalue weighted by Gasteiger charge is 2.20. The smallest absolute Gasteiger partial charge is 0.191 e. The zero-order chi connectivity index (χ0) is 17.2. The fourth-order valence-electron chi connectivity index (χ4n) is 2.21. The van der Waals surface area contributed by atoms with Crippen LogP contribution in [0, 0.1) is 11.7 Å². The maximum Gasteiger partial charge on any atom is 0.191 e. The van der Waals surface area contributed by atoms with Crippen molar-refractivity contribution in [2.24, 2.45) is 10.9 Å². The first-order valence-corrected chi connectivity index (χ1v) is 8.65. The van der Waals surface area contributed by atoms with E-state index in [1.54, 1.807) is 19.2 Å². The van der Waals surface area contributed by atoms with Gasteiger partial charge in [-0.3, -0.25) is 4.99 Å². The normalized spacial score (nSPS) is 15.9. The first-order chi connectivity index (χ1) is 11.7. The van der Waals surface area contributed by atoms with Gasteiger partial charge in [0.1, 0.15) is 17.7 Å². The molecule has 6 heteroatoms. The molecule has 1 fully saturated rings. The van der Waals surface area contributed by atoms with Gasteiger partial charge in [0, 0.05) is 26.3 Å². The summed E-state index contributed by atoms with van der Waals surface area (Å²) >= 11 is 0. The molecule has 0 aliphatic heterocycles. The Kier molecular flexibility index (Phi) is 7.82. The number of benzene rings is 1. The molecular formula is C18H28FN3O2. The lowest BCUT2D eigenvalue weighted by atomic mass is 10.2. The molecule has 2 rings (SSSR count). The summed E-state index contributed by atoms with van der Waals surface area (Å²) < 4.78 is 24.6. The van der Waals surface area contributed by atoms with Gasteiger partial charge in [-0.15, -0.1) is 0 Å². The van der Waals surface area contributed by atoms with Crippen LogP contribution in [-0.4, -0.2) is 45.4 Å². The van der Waals surface area contributed by atoms with Crippen molar-refractivity contribution < 1.29 is 13.9 Å². The molecule has 0 spiro atoms. The van der Waals surface area contributed by atoms with Gasteiger partial charge < -0.3 is 20.1 Å². The molecule has 2 N–H and O–H groups in total. The second kappa shape index (κ2) is 10.1. The molecule has 0 bridgehead atoms. The number of guanidine groups is 1. The average molecular weight is 337 g/mol. The van der Waals surface area contributed by atoms with E-state index < -0.39 is 0 Å². The summed E-state index contributed by atoms with van der Waals surface area (Å²) in [6, 6.07) is 6.21. The lowest BCUT2D eigenvalue weighted by molar-refractivity contribution is 0.129. The van der Waals surface area contributed by atoms with Crippen molar-refractivity contribution in [3.8, 4) is 5.75 Å². The molecule has 24 heavy (non-hydrogen) atoms. The third-order valence-electron chi connectivity index (χ3n) is 3.86. The number of rotatable bonds is 10. The second-order valence-corrected chi connectivity index (χ2v) is 6.00. The maximum absolute atomic E-state index is 13.2. The van der Waals surface area contributed by atoms with Crippen LogP contribution >= 0.6 is 0 Å². The highest BCUT2D eigenvalue weighted by Crippen LogP contribution is 2.28. The van der Waals surface area contributed by atoms with E-state index in [0.717, 1.165) is 18.9 Å². The number of halogens is 1. The monoisotopic (exact) mass is 337 g/mol. The molecule has 1 aromatic rings. The molecule has 5 nitrogen and oxygen atoms in total. The third-order valence-corrected chi connectivity index (χ3v) is 3.86. The van der Waals surface area contributed by atoms with Crippen molar-refractivity contribution in [3.63, 3.8) is 0 Å². The van der Waals surface area contributed by atoms with E-state index >= 15 is 0 Å². The number of aliphatic imine (C=N–C) groups is 1. The largest absolute Gasteiger partial charge is 0.489 e. The number of hydrogen-bond acceptors (Lipinski definition) is 3. The molecule has 1 saturated carbocycles. The molecule has 0 saturated heterocycles. The van der Waals surface area contributed by atoms with Crippen LogP contribution in [0.3, 0.4) is 0 Å². The first kappa shape index (κ1) is 18.5. The highest BCUT2D eigenvalue weighted by atomic mass is 19.1. The van der Waals surface area contributed by atoms with Crippen LogP contribution in [0.5, 0.6) is 5.75 Å². The molecule has 134 valence electrons. The summed E-state index contributed by atoms with van der Waals surface area (Å²) in [5.41, 5.74) is 0. The van der Waals surface area contributed by atoms with Crippen LogP contribution in [0.15, 0.2) is 29.3 Å². The van der Waals surface area contributed by atoms with Gasteiger partial charge in [0.25, 0.3) is 0 Å². The maximum atomic E-state index is 13.2. The van der Waals surface area contributed by atoms with E-state index in [1.807, 2.05) is 6.92 Å². The molecule has 1 aliphatic rings. The summed E-state index contributed by atoms with van der Waals surface area (Å²) in [5.74, 6) is 1.75. The van der Waals surface area contributed by atoms with E-state index in [2.05, 4.69) is 15.6 Å². The Morgan fingerprint density at radius 1 is 1.38 bits per heavy atom. The fourth-order valence-corrected chi connectivity index (χ4v) is 2.21. The lowest BCUT2D eigenvalue weighted by Gasteiger charge is -2.20. The van der Waals surface area contributed by atoms with Gasteiger partial charge in [0.15, 0.2) is 5.96 Å². The van der Waals surface area contributed by atoms with Crippen molar-refractivity contribution in [2.75, 3.05) is 33.4 Å². The SMILES string of the molecule is CCC(CNC(=NC)NCCOCC1CC1)Oc1cccc(F)c1. The van der Waals surface area contributed by atoms with E-state index in [4.69, 9.17) is 9.47 Å². The second-order valence-electron chi connectivity index (χ2n) is 6.00. The van der Waals surface area contributed by atoms with Crippen LogP contribution in [-0.2, 0) is 4.74 Å². The molecule has 0 radical (unpaired) electrons. The number of ether oxygens (including phenoxy) is 2. The zero-order valence-electron chi connectivity index (χ0n) is 14.6. The molecule has 0 heterocycles. The van der Waals surface area contributed by atoms with E-state index in [1.165, 1.54) is 25.0 Å². The Morgan fingerprint density at radius 3 is 2.88 bits per heavy atom. The van der Waals surface area contributed by atoms with Gasteiger partial charge in [0.05, 0.1) is 13.2 Å². The third kappa shape index (κ3) is 7.17. The van der Waals surface area contributed by atoms with E-state index in [9.17, 15) is 4.39 Å². The zero-order valence-corrected chi connectivity index (χ0v) is 14.6. The van der Waals surface area contributed by atoms with Crippen molar-refractivity contribution in [1.29, 1.82) is 0 Å². The van der Waals surface area contributed by atoms with Crippen LogP contribution in [0.4, 0.5) is 4.39 Å². The Morgan fingerprint density at radius 2 is 2.21 bits per heavy atom. The first-order valence-electron chi connectivity index (χ1n) is 8.65. The van der Waals surface area contributed by atoms with Crippen molar-refractivity contribution in [1.82, 2.24) is 10.6 Å². The summed E-state index contributed by atoms with van der Waals surface area (Å²) in [4.78, 5) is 4.18. The van der Waals surface area contributed by atoms with Gasteiger partial charge in [-0.25, -0.2) is 4.39 Å². The van der Waals surface area contributed by atoms with Crippen LogP contribution in [0.2, 0.25) is 0 Å². The predicted octanol–water partition coefficient (Wildman–Crippen LogP) is 2.57. The van der Waals surface area contributed by atoms with Gasteiger partial charge in [-0.05, 0) is 37.3 Å². The summed E-state index contributed by atoms with van der Waals surface area (Å²) in [5, 5.41) is 6.45. The molecule has 0 amide bonds. The minimum absolute atomic E-state index is 0.0588. The fraction of sp³-hybridized carbons (Fsp3) is 0.611. The quantitative estimate of drug-likeness (QED) is 0.391. The molecule has 0 aromatic heterocycles. The Bertz CT molecular complexity index is 521. The van der Waals surface area contributed by atoms with Gasteiger partial charge in [0.2, 0.25) is 0 Å². The van der Waals surface area contributed by atoms with Crippen molar-refractivity contribution in [2.45, 2.75) is 32.3 Å². The molecule has 1 atom stereocenters. The van der Waals surface area contributed by atoms with E-state index in [0.29, 0.717) is 31.4 Å². The molecule has 1 aliphatic carbocycles. The molecular weight excluding hydrogens is 309 g/mol. The minimum Gasteiger partial charge on any atom is -0.489 e. The van der Waals surface area contributed by atoms with Gasteiger partial charge in [-0.2, -0.15) is 0 Å². The summed E-state index contributed by atoms with van der Waals surface area (Å²) in [7, 11) is 1.73. The van der Waals surface area contributed by atoms with Crippen molar-refractivity contribution in [3.05, 3.63) is 30.1 Å². The highest BCUT2D eigenvalue weighted by molar-refractivity contribution is 5.79. The summed E-state index contributed by atoms with van der Waals surface area (Å²) in [6.45, 7) is 4.89. The number of nitrogens with one attached hydrogen (secondary N) is 2. The molecule has 1 unspecified atom stereocenters. The minimum atomic E-state index is -0.293. The Labute approximate surface area is 143 Å². The van der Waals surface area contributed by atoms with Crippen LogP contribution in [0.1, 0.15) is 26.2 Å². The Hall–Kier alpha value is -1.82. The average Bonchev–Trinajstić information content (AvgIpc) is 3.40. The van der Waals surface area contributed by atoms with Crippen molar-refractivity contribution >= 4 is 5.96 Å². The topological polar surface area (TPSA) is 54.9 Å². The van der Waals surface area contributed by atoms with E-state index in [-0.39, 0.29) is 11.9 Å². The Balaban J connectivity index is 1.65. The van der Waals surface area contributed by atoms with Gasteiger partial charge in [-0.1, -0.05) is 13.0 Å². The molecule has 1 aromatic carbocycles. The summed E-state index contributed by atoms with van der Waals surface area (Å²) in [6.07, 6.45) is 3.36. The van der Waals surface area contributed by atoms with Crippen LogP contribution < -0.4 is 15.4 Å². The standard InChI is InChI=1S/C18H28FN3O2/c1-3-16(24-17-6-4-5-15(19)11-17)12-22-18(20-2)21-9-10-23-13-14-7-8-14/h4-6,11,14,16H,3,7-10,12-13H2,1-2H3,(H2,20,21,22). The lowest BCUT2D eigenvalue weighted by Crippen LogP contribution is -2.43.